The molecule has 6 heteroatoms. The predicted molar refractivity (Wildman–Crippen MR) is 90.3 cm³/mol. The molecule has 1 spiro atoms. The molecule has 2 aliphatic heterocycles. The summed E-state index contributed by atoms with van der Waals surface area (Å²) >= 11 is 0. The van der Waals surface area contributed by atoms with Gasteiger partial charge in [-0.3, -0.25) is 14.5 Å². The summed E-state index contributed by atoms with van der Waals surface area (Å²) in [5.41, 5.74) is -0.748. The zero-order chi connectivity index (χ0) is 17.2. The van der Waals surface area contributed by atoms with Crippen LogP contribution in [0.1, 0.15) is 64.7 Å². The van der Waals surface area contributed by atoms with Crippen molar-refractivity contribution < 1.29 is 14.4 Å². The molecule has 24 heavy (non-hydrogen) atoms. The highest BCUT2D eigenvalue weighted by molar-refractivity contribution is 6.09. The zero-order valence-electron chi connectivity index (χ0n) is 14.7. The highest BCUT2D eigenvalue weighted by Gasteiger charge is 2.52. The predicted octanol–water partition coefficient (Wildman–Crippen LogP) is 2.28. The maximum absolute atomic E-state index is 12.8. The Kier molecular flexibility index (Phi) is 5.11. The first-order valence-electron chi connectivity index (χ1n) is 9.47. The summed E-state index contributed by atoms with van der Waals surface area (Å²) in [5, 5.41) is 2.90. The van der Waals surface area contributed by atoms with E-state index in [1.54, 1.807) is 0 Å². The van der Waals surface area contributed by atoms with Crippen LogP contribution in [0.25, 0.3) is 0 Å². The third kappa shape index (κ3) is 3.28. The lowest BCUT2D eigenvalue weighted by Gasteiger charge is -2.34. The largest absolute Gasteiger partial charge is 0.341 e. The van der Waals surface area contributed by atoms with Gasteiger partial charge in [0.1, 0.15) is 12.1 Å². The molecule has 0 aromatic heterocycles. The Morgan fingerprint density at radius 1 is 1.12 bits per heavy atom. The van der Waals surface area contributed by atoms with Gasteiger partial charge in [0.15, 0.2) is 0 Å². The number of urea groups is 1. The third-order valence-electron chi connectivity index (χ3n) is 6.03. The van der Waals surface area contributed by atoms with Crippen LogP contribution < -0.4 is 5.32 Å². The summed E-state index contributed by atoms with van der Waals surface area (Å²) in [6.07, 6.45) is 8.77. The summed E-state index contributed by atoms with van der Waals surface area (Å²) in [4.78, 5) is 40.6. The fourth-order valence-electron chi connectivity index (χ4n) is 4.29. The maximum atomic E-state index is 12.8. The van der Waals surface area contributed by atoms with Gasteiger partial charge >= 0.3 is 6.03 Å². The van der Waals surface area contributed by atoms with Crippen molar-refractivity contribution in [3.63, 3.8) is 0 Å². The van der Waals surface area contributed by atoms with Gasteiger partial charge in [-0.1, -0.05) is 26.2 Å². The molecule has 1 N–H and O–H groups in total. The average Bonchev–Trinajstić information content (AvgIpc) is 2.81. The second-order valence-corrected chi connectivity index (χ2v) is 7.55. The summed E-state index contributed by atoms with van der Waals surface area (Å²) in [6, 6.07) is -0.391. The van der Waals surface area contributed by atoms with Crippen LogP contribution in [0.15, 0.2) is 0 Å². The first-order chi connectivity index (χ1) is 11.6. The van der Waals surface area contributed by atoms with Crippen LogP contribution in [0.3, 0.4) is 0 Å². The lowest BCUT2D eigenvalue weighted by molar-refractivity contribution is -0.139. The number of carbonyl (C=O) groups is 3. The average molecular weight is 335 g/mol. The van der Waals surface area contributed by atoms with Gasteiger partial charge < -0.3 is 10.2 Å². The van der Waals surface area contributed by atoms with Crippen LogP contribution in [0.2, 0.25) is 0 Å². The van der Waals surface area contributed by atoms with Crippen molar-refractivity contribution in [3.8, 4) is 0 Å². The van der Waals surface area contributed by atoms with E-state index in [1.165, 1.54) is 0 Å². The zero-order valence-corrected chi connectivity index (χ0v) is 14.7. The first-order valence-corrected chi connectivity index (χ1v) is 9.47. The molecule has 2 saturated heterocycles. The van der Waals surface area contributed by atoms with Crippen molar-refractivity contribution in [1.29, 1.82) is 0 Å². The molecule has 0 aromatic rings. The Balaban J connectivity index is 1.63. The van der Waals surface area contributed by atoms with E-state index in [-0.39, 0.29) is 18.4 Å². The summed E-state index contributed by atoms with van der Waals surface area (Å²) in [7, 11) is 0. The van der Waals surface area contributed by atoms with Crippen molar-refractivity contribution >= 4 is 17.8 Å². The number of nitrogens with zero attached hydrogens (tertiary/aromatic N) is 2. The molecule has 134 valence electrons. The van der Waals surface area contributed by atoms with Crippen molar-refractivity contribution in [2.45, 2.75) is 70.3 Å². The number of imide groups is 1. The number of hydrogen-bond acceptors (Lipinski definition) is 3. The van der Waals surface area contributed by atoms with E-state index in [2.05, 4.69) is 12.2 Å². The Labute approximate surface area is 143 Å². The number of amides is 4. The Hall–Kier alpha value is -1.59. The maximum Gasteiger partial charge on any atom is 0.325 e. The molecule has 0 atom stereocenters. The molecule has 0 radical (unpaired) electrons. The Bertz CT molecular complexity index is 504. The van der Waals surface area contributed by atoms with Gasteiger partial charge in [-0.15, -0.1) is 0 Å². The summed E-state index contributed by atoms with van der Waals surface area (Å²) in [5.74, 6) is 0.359. The van der Waals surface area contributed by atoms with Gasteiger partial charge in [-0.25, -0.2) is 4.79 Å². The number of carbonyl (C=O) groups excluding carboxylic acids is 3. The van der Waals surface area contributed by atoms with Crippen molar-refractivity contribution in [2.24, 2.45) is 5.92 Å². The van der Waals surface area contributed by atoms with E-state index in [4.69, 9.17) is 0 Å². The fraction of sp³-hybridized carbons (Fsp3) is 0.833. The van der Waals surface area contributed by atoms with Gasteiger partial charge in [0, 0.05) is 13.1 Å². The van der Waals surface area contributed by atoms with E-state index >= 15 is 0 Å². The SMILES string of the molecule is CCC1CCC2(CC1)NC(=O)N(CC(=O)N1CCCCCC1)C2=O. The van der Waals surface area contributed by atoms with Crippen molar-refractivity contribution in [3.05, 3.63) is 0 Å². The number of likely N-dealkylation sites (tertiary alicyclic amines) is 1. The molecule has 2 heterocycles. The highest BCUT2D eigenvalue weighted by atomic mass is 16.2. The number of rotatable bonds is 3. The van der Waals surface area contributed by atoms with E-state index in [0.717, 1.165) is 62.9 Å². The quantitative estimate of drug-likeness (QED) is 0.805. The molecule has 0 unspecified atom stereocenters. The monoisotopic (exact) mass is 335 g/mol. The van der Waals surface area contributed by atoms with Gasteiger partial charge in [0.25, 0.3) is 5.91 Å². The van der Waals surface area contributed by atoms with Crippen LogP contribution >= 0.6 is 0 Å². The minimum Gasteiger partial charge on any atom is -0.341 e. The van der Waals surface area contributed by atoms with Gasteiger partial charge in [0.2, 0.25) is 5.91 Å². The Morgan fingerprint density at radius 2 is 1.75 bits per heavy atom. The van der Waals surface area contributed by atoms with Crippen molar-refractivity contribution in [2.75, 3.05) is 19.6 Å². The molecule has 3 rings (SSSR count). The minimum absolute atomic E-state index is 0.0975. The molecular weight excluding hydrogens is 306 g/mol. The van der Waals surface area contributed by atoms with Crippen LogP contribution in [-0.2, 0) is 9.59 Å². The molecule has 1 saturated carbocycles. The molecular formula is C18H29N3O3. The fourth-order valence-corrected chi connectivity index (χ4v) is 4.29. The number of nitrogens with one attached hydrogen (secondary N) is 1. The van der Waals surface area contributed by atoms with Gasteiger partial charge in [-0.2, -0.15) is 0 Å². The van der Waals surface area contributed by atoms with Crippen LogP contribution in [-0.4, -0.2) is 52.8 Å². The molecule has 1 aliphatic carbocycles. The van der Waals surface area contributed by atoms with Crippen LogP contribution in [0.5, 0.6) is 0 Å². The lowest BCUT2D eigenvalue weighted by atomic mass is 9.75. The molecule has 4 amide bonds. The lowest BCUT2D eigenvalue weighted by Crippen LogP contribution is -2.50. The van der Waals surface area contributed by atoms with E-state index in [9.17, 15) is 14.4 Å². The second-order valence-electron chi connectivity index (χ2n) is 7.55. The van der Waals surface area contributed by atoms with Gasteiger partial charge in [-0.05, 0) is 44.4 Å². The Morgan fingerprint density at radius 3 is 2.33 bits per heavy atom. The molecule has 3 fully saturated rings. The molecule has 0 bridgehead atoms. The summed E-state index contributed by atoms with van der Waals surface area (Å²) < 4.78 is 0. The topological polar surface area (TPSA) is 69.7 Å². The van der Waals surface area contributed by atoms with Crippen LogP contribution in [0.4, 0.5) is 4.79 Å². The minimum atomic E-state index is -0.748. The second kappa shape index (κ2) is 7.11. The molecule has 0 aromatic carbocycles. The van der Waals surface area contributed by atoms with E-state index < -0.39 is 11.6 Å². The summed E-state index contributed by atoms with van der Waals surface area (Å²) in [6.45, 7) is 3.55. The van der Waals surface area contributed by atoms with E-state index in [1.807, 2.05) is 4.90 Å². The smallest absolute Gasteiger partial charge is 0.325 e. The van der Waals surface area contributed by atoms with Gasteiger partial charge in [0.05, 0.1) is 0 Å². The molecule has 6 nitrogen and oxygen atoms in total. The van der Waals surface area contributed by atoms with E-state index in [0.29, 0.717) is 18.8 Å². The normalized spacial score (nSPS) is 31.3. The standard InChI is InChI=1S/C18H29N3O3/c1-2-14-7-9-18(10-8-14)16(23)21(17(24)19-18)13-15(22)20-11-5-3-4-6-12-20/h14H,2-13H2,1H3,(H,19,24). The highest BCUT2D eigenvalue weighted by Crippen LogP contribution is 2.37. The van der Waals surface area contributed by atoms with Crippen LogP contribution in [0, 0.1) is 5.92 Å². The third-order valence-corrected chi connectivity index (χ3v) is 6.03. The van der Waals surface area contributed by atoms with Crippen molar-refractivity contribution in [1.82, 2.24) is 15.1 Å². The first kappa shape index (κ1) is 17.2. The number of hydrogen-bond donors (Lipinski definition) is 1. The molecule has 3 aliphatic rings.